The molecular weight excluding hydrogens is 394 g/mol. The SMILES string of the molecule is C=CCN1C(=O)c2[nH]nc(-c3c(C)cc(C)cc3O)c2C1c1ccc(O)c(OCC)c1. The standard InChI is InChI=1S/C24H25N3O4/c1-5-9-27-23(15-7-8-16(28)18(12-15)31-6-2)20-21(25-26-22(20)24(27)30)19-14(4)10-13(3)11-17(19)29/h5,7-8,10-12,23,28-29H,1,6,9H2,2-4H3,(H,25,26). The molecule has 3 N–H and O–H groups in total. The highest BCUT2D eigenvalue weighted by molar-refractivity contribution is 6.00. The number of rotatable bonds is 6. The van der Waals surface area contributed by atoms with Crippen molar-refractivity contribution >= 4 is 5.91 Å². The molecule has 1 atom stereocenters. The van der Waals surface area contributed by atoms with Gasteiger partial charge < -0.3 is 19.8 Å². The molecule has 4 rings (SSSR count). The lowest BCUT2D eigenvalue weighted by atomic mass is 9.93. The smallest absolute Gasteiger partial charge is 0.273 e. The summed E-state index contributed by atoms with van der Waals surface area (Å²) >= 11 is 0. The number of phenols is 2. The van der Waals surface area contributed by atoms with Crippen molar-refractivity contribution in [3.05, 3.63) is 70.9 Å². The Labute approximate surface area is 180 Å². The van der Waals surface area contributed by atoms with Crippen LogP contribution in [-0.4, -0.2) is 44.4 Å². The molecule has 0 aliphatic carbocycles. The number of hydrogen-bond donors (Lipinski definition) is 3. The average Bonchev–Trinajstić information content (AvgIpc) is 3.24. The number of amides is 1. The van der Waals surface area contributed by atoms with E-state index in [-0.39, 0.29) is 17.4 Å². The van der Waals surface area contributed by atoms with Gasteiger partial charge in [-0.05, 0) is 55.7 Å². The molecule has 0 spiro atoms. The number of benzene rings is 2. The first kappa shape index (κ1) is 20.5. The number of aryl methyl sites for hydroxylation is 2. The number of ether oxygens (including phenoxy) is 1. The van der Waals surface area contributed by atoms with E-state index in [0.29, 0.717) is 41.4 Å². The second kappa shape index (κ2) is 7.83. The largest absolute Gasteiger partial charge is 0.507 e. The highest BCUT2D eigenvalue weighted by atomic mass is 16.5. The van der Waals surface area contributed by atoms with Gasteiger partial charge in [0.25, 0.3) is 5.91 Å². The Balaban J connectivity index is 1.94. The minimum Gasteiger partial charge on any atom is -0.507 e. The molecule has 7 heteroatoms. The van der Waals surface area contributed by atoms with E-state index >= 15 is 0 Å². The highest BCUT2D eigenvalue weighted by Crippen LogP contribution is 2.46. The number of nitrogens with one attached hydrogen (secondary N) is 1. The maximum Gasteiger partial charge on any atom is 0.273 e. The normalized spacial score (nSPS) is 15.3. The van der Waals surface area contributed by atoms with Crippen LogP contribution in [0.15, 0.2) is 43.0 Å². The minimum atomic E-state index is -0.478. The summed E-state index contributed by atoms with van der Waals surface area (Å²) in [6, 6.07) is 8.24. The molecule has 0 radical (unpaired) electrons. The van der Waals surface area contributed by atoms with Gasteiger partial charge in [0, 0.05) is 17.7 Å². The van der Waals surface area contributed by atoms with Crippen molar-refractivity contribution in [2.24, 2.45) is 0 Å². The molecule has 1 aliphatic rings. The van der Waals surface area contributed by atoms with Crippen LogP contribution in [0.1, 0.15) is 45.7 Å². The zero-order chi connectivity index (χ0) is 22.3. The van der Waals surface area contributed by atoms with Gasteiger partial charge in [-0.3, -0.25) is 9.89 Å². The maximum absolute atomic E-state index is 13.2. The van der Waals surface area contributed by atoms with Gasteiger partial charge in [-0.15, -0.1) is 6.58 Å². The quantitative estimate of drug-likeness (QED) is 0.519. The summed E-state index contributed by atoms with van der Waals surface area (Å²) in [7, 11) is 0. The summed E-state index contributed by atoms with van der Waals surface area (Å²) in [6.45, 7) is 10.2. The molecule has 1 amide bonds. The Morgan fingerprint density at radius 2 is 2.00 bits per heavy atom. The van der Waals surface area contributed by atoms with E-state index in [1.807, 2.05) is 26.8 Å². The van der Waals surface area contributed by atoms with Crippen LogP contribution in [0, 0.1) is 13.8 Å². The van der Waals surface area contributed by atoms with E-state index in [1.165, 1.54) is 0 Å². The number of fused-ring (bicyclic) bond motifs is 1. The number of H-pyrrole nitrogens is 1. The zero-order valence-electron chi connectivity index (χ0n) is 17.8. The number of aromatic hydroxyl groups is 2. The van der Waals surface area contributed by atoms with E-state index < -0.39 is 6.04 Å². The van der Waals surface area contributed by atoms with Gasteiger partial charge in [0.05, 0.1) is 12.6 Å². The fourth-order valence-corrected chi connectivity index (χ4v) is 4.29. The van der Waals surface area contributed by atoms with Gasteiger partial charge in [-0.1, -0.05) is 18.2 Å². The lowest BCUT2D eigenvalue weighted by molar-refractivity contribution is 0.0764. The Kier molecular flexibility index (Phi) is 5.19. The summed E-state index contributed by atoms with van der Waals surface area (Å²) in [5, 5.41) is 28.1. The number of aromatic nitrogens is 2. The van der Waals surface area contributed by atoms with Crippen molar-refractivity contribution in [3.8, 4) is 28.5 Å². The van der Waals surface area contributed by atoms with Gasteiger partial charge in [0.1, 0.15) is 17.1 Å². The second-order valence-corrected chi connectivity index (χ2v) is 7.65. The number of carbonyl (C=O) groups is 1. The van der Waals surface area contributed by atoms with Crippen LogP contribution in [0.4, 0.5) is 0 Å². The Morgan fingerprint density at radius 1 is 1.23 bits per heavy atom. The van der Waals surface area contributed by atoms with Gasteiger partial charge in [-0.25, -0.2) is 0 Å². The summed E-state index contributed by atoms with van der Waals surface area (Å²) in [5.41, 5.74) is 4.75. The first-order chi connectivity index (χ1) is 14.9. The van der Waals surface area contributed by atoms with E-state index in [9.17, 15) is 15.0 Å². The lowest BCUT2D eigenvalue weighted by Gasteiger charge is -2.26. The van der Waals surface area contributed by atoms with E-state index in [4.69, 9.17) is 4.74 Å². The molecule has 0 saturated heterocycles. The molecule has 1 unspecified atom stereocenters. The summed E-state index contributed by atoms with van der Waals surface area (Å²) < 4.78 is 5.56. The minimum absolute atomic E-state index is 0.0323. The molecule has 0 bridgehead atoms. The molecule has 31 heavy (non-hydrogen) atoms. The van der Waals surface area contributed by atoms with Crippen LogP contribution in [0.25, 0.3) is 11.3 Å². The van der Waals surface area contributed by atoms with Crippen LogP contribution in [0.2, 0.25) is 0 Å². The van der Waals surface area contributed by atoms with Gasteiger partial charge in [0.15, 0.2) is 11.5 Å². The van der Waals surface area contributed by atoms with Crippen molar-refractivity contribution in [3.63, 3.8) is 0 Å². The second-order valence-electron chi connectivity index (χ2n) is 7.65. The summed E-state index contributed by atoms with van der Waals surface area (Å²) in [4.78, 5) is 14.9. The van der Waals surface area contributed by atoms with Crippen molar-refractivity contribution in [2.45, 2.75) is 26.8 Å². The Morgan fingerprint density at radius 3 is 2.68 bits per heavy atom. The molecule has 3 aromatic rings. The molecular formula is C24H25N3O4. The first-order valence-electron chi connectivity index (χ1n) is 10.1. The van der Waals surface area contributed by atoms with Crippen molar-refractivity contribution < 1.29 is 19.7 Å². The fraction of sp³-hybridized carbons (Fsp3) is 0.250. The van der Waals surface area contributed by atoms with Gasteiger partial charge in [0.2, 0.25) is 0 Å². The summed E-state index contributed by atoms with van der Waals surface area (Å²) in [6.07, 6.45) is 1.67. The molecule has 1 aromatic heterocycles. The maximum atomic E-state index is 13.2. The van der Waals surface area contributed by atoms with Gasteiger partial charge >= 0.3 is 0 Å². The van der Waals surface area contributed by atoms with E-state index in [1.54, 1.807) is 35.2 Å². The van der Waals surface area contributed by atoms with Crippen LogP contribution >= 0.6 is 0 Å². The molecule has 0 saturated carbocycles. The number of carbonyl (C=O) groups excluding carboxylic acids is 1. The van der Waals surface area contributed by atoms with Crippen molar-refractivity contribution in [1.29, 1.82) is 0 Å². The predicted molar refractivity (Wildman–Crippen MR) is 118 cm³/mol. The Hall–Kier alpha value is -3.74. The van der Waals surface area contributed by atoms with Crippen LogP contribution in [0.3, 0.4) is 0 Å². The number of nitrogens with zero attached hydrogens (tertiary/aromatic N) is 2. The van der Waals surface area contributed by atoms with Crippen LogP contribution < -0.4 is 4.74 Å². The highest BCUT2D eigenvalue weighted by Gasteiger charge is 2.42. The monoisotopic (exact) mass is 419 g/mol. The van der Waals surface area contributed by atoms with Crippen LogP contribution in [-0.2, 0) is 0 Å². The molecule has 0 fully saturated rings. The molecule has 2 heterocycles. The summed E-state index contributed by atoms with van der Waals surface area (Å²) in [5.74, 6) is 0.290. The van der Waals surface area contributed by atoms with Crippen molar-refractivity contribution in [2.75, 3.05) is 13.2 Å². The Bertz CT molecular complexity index is 1160. The number of phenolic OH excluding ortho intramolecular Hbond substituents is 2. The van der Waals surface area contributed by atoms with Crippen molar-refractivity contribution in [1.82, 2.24) is 15.1 Å². The molecule has 1 aliphatic heterocycles. The fourth-order valence-electron chi connectivity index (χ4n) is 4.29. The number of aromatic amines is 1. The van der Waals surface area contributed by atoms with Gasteiger partial charge in [-0.2, -0.15) is 5.10 Å². The third-order valence-electron chi connectivity index (χ3n) is 5.48. The average molecular weight is 419 g/mol. The number of hydrogen-bond acceptors (Lipinski definition) is 5. The predicted octanol–water partition coefficient (Wildman–Crippen LogP) is 4.23. The third kappa shape index (κ3) is 3.32. The van der Waals surface area contributed by atoms with Crippen LogP contribution in [0.5, 0.6) is 17.2 Å². The third-order valence-corrected chi connectivity index (χ3v) is 5.48. The molecule has 160 valence electrons. The first-order valence-corrected chi connectivity index (χ1v) is 10.1. The van der Waals surface area contributed by atoms with E-state index in [2.05, 4.69) is 16.8 Å². The van der Waals surface area contributed by atoms with E-state index in [0.717, 1.165) is 16.7 Å². The zero-order valence-corrected chi connectivity index (χ0v) is 17.8. The molecule has 2 aromatic carbocycles. The lowest BCUT2D eigenvalue weighted by Crippen LogP contribution is -2.29. The topological polar surface area (TPSA) is 98.7 Å². The molecule has 7 nitrogen and oxygen atoms in total.